The minimum Gasteiger partial charge on any atom is -0.369 e. The van der Waals surface area contributed by atoms with E-state index in [0.717, 1.165) is 6.54 Å². The third-order valence-electron chi connectivity index (χ3n) is 3.98. The molecule has 0 spiro atoms. The second-order valence-electron chi connectivity index (χ2n) is 6.09. The van der Waals surface area contributed by atoms with Crippen LogP contribution in [0.3, 0.4) is 0 Å². The van der Waals surface area contributed by atoms with Crippen LogP contribution in [0.1, 0.15) is 32.1 Å². The summed E-state index contributed by atoms with van der Waals surface area (Å²) in [7, 11) is 1.68. The fourth-order valence-corrected chi connectivity index (χ4v) is 2.95. The van der Waals surface area contributed by atoms with Crippen molar-refractivity contribution in [2.24, 2.45) is 11.7 Å². The molecule has 0 radical (unpaired) electrons. The maximum atomic E-state index is 12.0. The van der Waals surface area contributed by atoms with E-state index in [2.05, 4.69) is 10.4 Å². The SMILES string of the molecule is CN(CC(N)=O)CC(=O)Nc1ccnn1CC1CCCCC1. The van der Waals surface area contributed by atoms with Crippen molar-refractivity contribution in [1.82, 2.24) is 14.7 Å². The predicted octanol–water partition coefficient (Wildman–Crippen LogP) is 0.819. The molecular weight excluding hydrogens is 282 g/mol. The zero-order valence-corrected chi connectivity index (χ0v) is 13.1. The minimum absolute atomic E-state index is 0.0642. The lowest BCUT2D eigenvalue weighted by Gasteiger charge is -2.22. The van der Waals surface area contributed by atoms with Crippen LogP contribution in [-0.4, -0.2) is 46.6 Å². The van der Waals surface area contributed by atoms with Gasteiger partial charge in [0.25, 0.3) is 0 Å². The van der Waals surface area contributed by atoms with Crippen molar-refractivity contribution >= 4 is 17.6 Å². The first-order chi connectivity index (χ1) is 10.5. The molecule has 1 aliphatic carbocycles. The molecular formula is C15H25N5O2. The highest BCUT2D eigenvalue weighted by Gasteiger charge is 2.17. The normalized spacial score (nSPS) is 15.9. The number of carbonyl (C=O) groups is 2. The van der Waals surface area contributed by atoms with Gasteiger partial charge in [-0.2, -0.15) is 5.10 Å². The molecule has 0 atom stereocenters. The van der Waals surface area contributed by atoms with Crippen LogP contribution in [0.25, 0.3) is 0 Å². The standard InChI is InChI=1S/C15H25N5O2/c1-19(10-13(16)21)11-15(22)18-14-7-8-17-20(14)9-12-5-3-2-4-6-12/h7-8,12H,2-6,9-11H2,1H3,(H2,16,21)(H,18,22). The molecule has 0 unspecified atom stereocenters. The van der Waals surface area contributed by atoms with Crippen molar-refractivity contribution < 1.29 is 9.59 Å². The summed E-state index contributed by atoms with van der Waals surface area (Å²) < 4.78 is 1.86. The molecule has 7 heteroatoms. The summed E-state index contributed by atoms with van der Waals surface area (Å²) >= 11 is 0. The van der Waals surface area contributed by atoms with Gasteiger partial charge < -0.3 is 11.1 Å². The minimum atomic E-state index is -0.447. The Morgan fingerprint density at radius 1 is 1.36 bits per heavy atom. The van der Waals surface area contributed by atoms with Crippen LogP contribution in [0.4, 0.5) is 5.82 Å². The van der Waals surface area contributed by atoms with E-state index in [1.165, 1.54) is 32.1 Å². The van der Waals surface area contributed by atoms with Crippen LogP contribution < -0.4 is 11.1 Å². The van der Waals surface area contributed by atoms with E-state index < -0.39 is 5.91 Å². The molecule has 0 aliphatic heterocycles. The maximum absolute atomic E-state index is 12.0. The molecule has 1 aliphatic rings. The number of carbonyl (C=O) groups excluding carboxylic acids is 2. The molecule has 1 heterocycles. The van der Waals surface area contributed by atoms with E-state index in [1.54, 1.807) is 24.2 Å². The monoisotopic (exact) mass is 307 g/mol. The topological polar surface area (TPSA) is 93.2 Å². The zero-order valence-electron chi connectivity index (χ0n) is 13.1. The molecule has 2 rings (SSSR count). The molecule has 2 amide bonds. The predicted molar refractivity (Wildman–Crippen MR) is 84.1 cm³/mol. The Bertz CT molecular complexity index is 508. The summed E-state index contributed by atoms with van der Waals surface area (Å²) in [6.45, 7) is 1.03. The molecule has 1 aromatic rings. The molecule has 122 valence electrons. The number of hydrogen-bond acceptors (Lipinski definition) is 4. The second kappa shape index (κ2) is 7.93. The van der Waals surface area contributed by atoms with Gasteiger partial charge in [-0.1, -0.05) is 19.3 Å². The van der Waals surface area contributed by atoms with Crippen molar-refractivity contribution in [3.05, 3.63) is 12.3 Å². The highest BCUT2D eigenvalue weighted by Crippen LogP contribution is 2.25. The lowest BCUT2D eigenvalue weighted by molar-refractivity contribution is -0.120. The largest absolute Gasteiger partial charge is 0.369 e. The van der Waals surface area contributed by atoms with Crippen molar-refractivity contribution in [3.8, 4) is 0 Å². The third-order valence-corrected chi connectivity index (χ3v) is 3.98. The molecule has 0 bridgehead atoms. The van der Waals surface area contributed by atoms with Crippen LogP contribution in [-0.2, 0) is 16.1 Å². The van der Waals surface area contributed by atoms with Gasteiger partial charge in [0.05, 0.1) is 19.3 Å². The van der Waals surface area contributed by atoms with Crippen LogP contribution in [0.5, 0.6) is 0 Å². The van der Waals surface area contributed by atoms with Crippen LogP contribution in [0.15, 0.2) is 12.3 Å². The van der Waals surface area contributed by atoms with Gasteiger partial charge in [0.2, 0.25) is 11.8 Å². The van der Waals surface area contributed by atoms with Crippen molar-refractivity contribution in [2.75, 3.05) is 25.5 Å². The molecule has 7 nitrogen and oxygen atoms in total. The molecule has 1 fully saturated rings. The molecule has 0 saturated heterocycles. The summed E-state index contributed by atoms with van der Waals surface area (Å²) in [5, 5.41) is 7.16. The number of nitrogens with zero attached hydrogens (tertiary/aromatic N) is 3. The van der Waals surface area contributed by atoms with E-state index in [9.17, 15) is 9.59 Å². The van der Waals surface area contributed by atoms with Gasteiger partial charge in [0, 0.05) is 12.6 Å². The lowest BCUT2D eigenvalue weighted by atomic mass is 9.89. The quantitative estimate of drug-likeness (QED) is 0.780. The van der Waals surface area contributed by atoms with Gasteiger partial charge in [-0.3, -0.25) is 14.5 Å². The number of rotatable bonds is 7. The fourth-order valence-electron chi connectivity index (χ4n) is 2.95. The van der Waals surface area contributed by atoms with Crippen molar-refractivity contribution in [2.45, 2.75) is 38.6 Å². The number of aromatic nitrogens is 2. The first-order valence-electron chi connectivity index (χ1n) is 7.83. The fraction of sp³-hybridized carbons (Fsp3) is 0.667. The Balaban J connectivity index is 1.86. The summed E-state index contributed by atoms with van der Waals surface area (Å²) in [6.07, 6.45) is 8.05. The van der Waals surface area contributed by atoms with E-state index in [1.807, 2.05) is 4.68 Å². The highest BCUT2D eigenvalue weighted by molar-refractivity contribution is 5.91. The van der Waals surface area contributed by atoms with E-state index in [0.29, 0.717) is 11.7 Å². The number of likely N-dealkylation sites (N-methyl/N-ethyl adjacent to an activating group) is 1. The zero-order chi connectivity index (χ0) is 15.9. The first-order valence-corrected chi connectivity index (χ1v) is 7.83. The van der Waals surface area contributed by atoms with Crippen LogP contribution in [0, 0.1) is 5.92 Å². The van der Waals surface area contributed by atoms with Crippen LogP contribution >= 0.6 is 0 Å². The lowest BCUT2D eigenvalue weighted by Crippen LogP contribution is -2.36. The number of hydrogen-bond donors (Lipinski definition) is 2. The maximum Gasteiger partial charge on any atom is 0.239 e. The molecule has 1 saturated carbocycles. The second-order valence-corrected chi connectivity index (χ2v) is 6.09. The first kappa shape index (κ1) is 16.5. The smallest absolute Gasteiger partial charge is 0.239 e. The number of nitrogens with one attached hydrogen (secondary N) is 1. The van der Waals surface area contributed by atoms with Crippen LogP contribution in [0.2, 0.25) is 0 Å². The van der Waals surface area contributed by atoms with E-state index in [4.69, 9.17) is 5.73 Å². The van der Waals surface area contributed by atoms with E-state index >= 15 is 0 Å². The number of anilines is 1. The number of amides is 2. The molecule has 22 heavy (non-hydrogen) atoms. The van der Waals surface area contributed by atoms with Gasteiger partial charge in [-0.25, -0.2) is 4.68 Å². The van der Waals surface area contributed by atoms with Crippen molar-refractivity contribution in [1.29, 1.82) is 0 Å². The Morgan fingerprint density at radius 2 is 2.09 bits per heavy atom. The third kappa shape index (κ3) is 5.14. The average Bonchev–Trinajstić information content (AvgIpc) is 2.85. The van der Waals surface area contributed by atoms with Crippen molar-refractivity contribution in [3.63, 3.8) is 0 Å². The summed E-state index contributed by atoms with van der Waals surface area (Å²) in [4.78, 5) is 24.4. The van der Waals surface area contributed by atoms with E-state index in [-0.39, 0.29) is 19.0 Å². The van der Waals surface area contributed by atoms with Gasteiger partial charge in [0.15, 0.2) is 0 Å². The van der Waals surface area contributed by atoms with Gasteiger partial charge >= 0.3 is 0 Å². The average molecular weight is 307 g/mol. The van der Waals surface area contributed by atoms with Gasteiger partial charge in [0.1, 0.15) is 5.82 Å². The summed E-state index contributed by atoms with van der Waals surface area (Å²) in [5.74, 6) is 0.733. The summed E-state index contributed by atoms with van der Waals surface area (Å²) in [5.41, 5.74) is 5.11. The Hall–Kier alpha value is -1.89. The molecule has 0 aromatic carbocycles. The Labute approximate surface area is 130 Å². The summed E-state index contributed by atoms with van der Waals surface area (Å²) in [6, 6.07) is 1.80. The Kier molecular flexibility index (Phi) is 5.94. The molecule has 1 aromatic heterocycles. The molecule has 3 N–H and O–H groups in total. The Morgan fingerprint density at radius 3 is 2.77 bits per heavy atom. The van der Waals surface area contributed by atoms with Gasteiger partial charge in [-0.05, 0) is 25.8 Å². The number of nitrogens with two attached hydrogens (primary N) is 1. The van der Waals surface area contributed by atoms with Gasteiger partial charge in [-0.15, -0.1) is 0 Å². The highest BCUT2D eigenvalue weighted by atomic mass is 16.2. The number of primary amides is 1.